The Morgan fingerprint density at radius 2 is 1.85 bits per heavy atom. The zero-order chi connectivity index (χ0) is 23.5. The maximum Gasteiger partial charge on any atom is 0.433 e. The zero-order valence-corrected chi connectivity index (χ0v) is 18.9. The summed E-state index contributed by atoms with van der Waals surface area (Å²) in [6.07, 6.45) is 5.79. The lowest BCUT2D eigenvalue weighted by molar-refractivity contribution is -0.402. The molecular weight excluding hydrogens is 426 g/mol. The predicted octanol–water partition coefficient (Wildman–Crippen LogP) is 3.14. The van der Waals surface area contributed by atoms with Crippen molar-refractivity contribution in [2.24, 2.45) is 5.10 Å². The molecule has 10 heteroatoms. The van der Waals surface area contributed by atoms with E-state index < -0.39 is 10.8 Å². The van der Waals surface area contributed by atoms with E-state index in [0.29, 0.717) is 12.2 Å². The van der Waals surface area contributed by atoms with Crippen molar-refractivity contribution in [1.29, 1.82) is 0 Å². The van der Waals surface area contributed by atoms with Gasteiger partial charge < -0.3 is 19.0 Å². The summed E-state index contributed by atoms with van der Waals surface area (Å²) in [5.74, 6) is 0.101. The summed E-state index contributed by atoms with van der Waals surface area (Å²) >= 11 is 0. The molecule has 1 N–H and O–H groups in total. The number of piperazine rings is 1. The number of furan rings is 1. The average molecular weight is 458 g/mol. The number of amides is 1. The maximum absolute atomic E-state index is 12.1. The first kappa shape index (κ1) is 24.4. The molecule has 1 aromatic carbocycles. The Kier molecular flexibility index (Phi) is 9.40. The molecule has 1 amide bonds. The van der Waals surface area contributed by atoms with Gasteiger partial charge in [-0.25, -0.2) is 5.43 Å². The van der Waals surface area contributed by atoms with Crippen LogP contribution in [-0.2, 0) is 0 Å². The van der Waals surface area contributed by atoms with Gasteiger partial charge in [0.05, 0.1) is 18.9 Å². The first-order chi connectivity index (χ1) is 16.0. The summed E-state index contributed by atoms with van der Waals surface area (Å²) in [5.41, 5.74) is 2.78. The number of hydrogen-bond acceptors (Lipinski definition) is 8. The summed E-state index contributed by atoms with van der Waals surface area (Å²) in [6, 6.07) is 9.44. The van der Waals surface area contributed by atoms with Crippen LogP contribution in [0.1, 0.15) is 41.8 Å². The molecule has 0 radical (unpaired) electrons. The molecule has 3 rings (SSSR count). The fourth-order valence-corrected chi connectivity index (χ4v) is 3.48. The SMILES string of the molecule is CN1CCN(CCCCCCOc2ccc(C(=O)N/N=C/c3ccc([N+](=O)[O-])o3)cc2)CC1. The molecule has 1 fully saturated rings. The average Bonchev–Trinajstić information content (AvgIpc) is 3.29. The van der Waals surface area contributed by atoms with Crippen LogP contribution in [0.3, 0.4) is 0 Å². The highest BCUT2D eigenvalue weighted by atomic mass is 16.6. The van der Waals surface area contributed by atoms with Crippen LogP contribution in [0, 0.1) is 10.1 Å². The van der Waals surface area contributed by atoms with Crippen LogP contribution in [-0.4, -0.2) is 73.2 Å². The molecule has 0 saturated carbocycles. The lowest BCUT2D eigenvalue weighted by Gasteiger charge is -2.32. The van der Waals surface area contributed by atoms with E-state index in [1.807, 2.05) is 0 Å². The Bertz CT molecular complexity index is 920. The summed E-state index contributed by atoms with van der Waals surface area (Å²) in [5, 5.41) is 14.3. The second-order valence-corrected chi connectivity index (χ2v) is 8.06. The van der Waals surface area contributed by atoms with Gasteiger partial charge >= 0.3 is 5.88 Å². The topological polar surface area (TPSA) is 113 Å². The van der Waals surface area contributed by atoms with Crippen molar-refractivity contribution in [3.05, 3.63) is 57.8 Å². The largest absolute Gasteiger partial charge is 0.494 e. The number of ether oxygens (including phenoxy) is 1. The monoisotopic (exact) mass is 457 g/mol. The third-order valence-electron chi connectivity index (χ3n) is 5.50. The number of carbonyl (C=O) groups excluding carboxylic acids is 1. The van der Waals surface area contributed by atoms with Crippen LogP contribution in [0.25, 0.3) is 0 Å². The normalized spacial score (nSPS) is 15.1. The number of hydrogen-bond donors (Lipinski definition) is 1. The fraction of sp³-hybridized carbons (Fsp3) is 0.478. The second-order valence-electron chi connectivity index (χ2n) is 8.06. The van der Waals surface area contributed by atoms with E-state index in [1.165, 1.54) is 63.9 Å². The van der Waals surface area contributed by atoms with Crippen molar-refractivity contribution in [3.8, 4) is 5.75 Å². The van der Waals surface area contributed by atoms with Gasteiger partial charge in [0.1, 0.15) is 10.7 Å². The molecule has 2 aromatic rings. The lowest BCUT2D eigenvalue weighted by atomic mass is 10.2. The van der Waals surface area contributed by atoms with Gasteiger partial charge in [-0.2, -0.15) is 5.10 Å². The Morgan fingerprint density at radius 1 is 1.12 bits per heavy atom. The van der Waals surface area contributed by atoms with Crippen LogP contribution >= 0.6 is 0 Å². The molecule has 33 heavy (non-hydrogen) atoms. The third-order valence-corrected chi connectivity index (χ3v) is 5.50. The van der Waals surface area contributed by atoms with E-state index in [1.54, 1.807) is 24.3 Å². The van der Waals surface area contributed by atoms with Gasteiger partial charge in [-0.1, -0.05) is 12.8 Å². The summed E-state index contributed by atoms with van der Waals surface area (Å²) in [6.45, 7) is 6.52. The fourth-order valence-electron chi connectivity index (χ4n) is 3.48. The molecule has 0 aliphatic carbocycles. The molecule has 0 unspecified atom stereocenters. The number of unbranched alkanes of at least 4 members (excludes halogenated alkanes) is 3. The number of carbonyl (C=O) groups is 1. The summed E-state index contributed by atoms with van der Waals surface area (Å²) in [4.78, 5) is 27.0. The standard InChI is InChI=1S/C23H31N5O5/c1-26-13-15-27(16-14-26)12-4-2-3-5-17-32-20-8-6-19(7-9-20)23(29)25-24-18-21-10-11-22(33-21)28(30)31/h6-11,18H,2-5,12-17H2,1H3,(H,25,29)/b24-18+. The van der Waals surface area contributed by atoms with Crippen molar-refractivity contribution in [2.75, 3.05) is 46.4 Å². The van der Waals surface area contributed by atoms with Crippen molar-refractivity contribution >= 4 is 18.0 Å². The van der Waals surface area contributed by atoms with E-state index >= 15 is 0 Å². The van der Waals surface area contributed by atoms with Gasteiger partial charge in [0.2, 0.25) is 0 Å². The zero-order valence-electron chi connectivity index (χ0n) is 18.9. The minimum atomic E-state index is -0.644. The highest BCUT2D eigenvalue weighted by Crippen LogP contribution is 2.15. The number of nitrogens with zero attached hydrogens (tertiary/aromatic N) is 4. The van der Waals surface area contributed by atoms with Crippen LogP contribution < -0.4 is 10.2 Å². The maximum atomic E-state index is 12.1. The first-order valence-corrected chi connectivity index (χ1v) is 11.2. The molecule has 1 saturated heterocycles. The van der Waals surface area contributed by atoms with E-state index in [0.717, 1.165) is 18.6 Å². The second kappa shape index (κ2) is 12.7. The van der Waals surface area contributed by atoms with Crippen LogP contribution in [0.5, 0.6) is 5.75 Å². The van der Waals surface area contributed by atoms with Crippen molar-refractivity contribution in [2.45, 2.75) is 25.7 Å². The van der Waals surface area contributed by atoms with Crippen LogP contribution in [0.15, 0.2) is 45.9 Å². The number of nitro groups is 1. The Labute approximate surface area is 193 Å². The Hall–Kier alpha value is -3.24. The number of benzene rings is 1. The van der Waals surface area contributed by atoms with Crippen molar-refractivity contribution in [3.63, 3.8) is 0 Å². The summed E-state index contributed by atoms with van der Waals surface area (Å²) in [7, 11) is 2.18. The Balaban J connectivity index is 1.28. The molecule has 2 heterocycles. The smallest absolute Gasteiger partial charge is 0.433 e. The van der Waals surface area contributed by atoms with Gasteiger partial charge in [-0.3, -0.25) is 14.9 Å². The minimum absolute atomic E-state index is 0.171. The molecule has 1 aromatic heterocycles. The number of hydrazone groups is 1. The number of rotatable bonds is 12. The van der Waals surface area contributed by atoms with Gasteiger partial charge in [0, 0.05) is 31.7 Å². The van der Waals surface area contributed by atoms with Crippen LogP contribution in [0.2, 0.25) is 0 Å². The highest BCUT2D eigenvalue weighted by molar-refractivity contribution is 5.94. The predicted molar refractivity (Wildman–Crippen MR) is 125 cm³/mol. The van der Waals surface area contributed by atoms with E-state index in [-0.39, 0.29) is 11.6 Å². The molecule has 0 spiro atoms. The van der Waals surface area contributed by atoms with Crippen molar-refractivity contribution < 1.29 is 18.9 Å². The molecular formula is C23H31N5O5. The lowest BCUT2D eigenvalue weighted by Crippen LogP contribution is -2.44. The minimum Gasteiger partial charge on any atom is -0.494 e. The molecule has 10 nitrogen and oxygen atoms in total. The third kappa shape index (κ3) is 8.32. The summed E-state index contributed by atoms with van der Waals surface area (Å²) < 4.78 is 10.7. The van der Waals surface area contributed by atoms with E-state index in [9.17, 15) is 14.9 Å². The molecule has 178 valence electrons. The first-order valence-electron chi connectivity index (χ1n) is 11.2. The quantitative estimate of drug-likeness (QED) is 0.225. The molecule has 0 bridgehead atoms. The molecule has 1 aliphatic rings. The van der Waals surface area contributed by atoms with Gasteiger partial charge in [0.25, 0.3) is 5.91 Å². The Morgan fingerprint density at radius 3 is 2.55 bits per heavy atom. The highest BCUT2D eigenvalue weighted by Gasteiger charge is 2.13. The van der Waals surface area contributed by atoms with E-state index in [4.69, 9.17) is 9.15 Å². The van der Waals surface area contributed by atoms with Gasteiger partial charge in [-0.05, 0) is 56.8 Å². The van der Waals surface area contributed by atoms with E-state index in [2.05, 4.69) is 27.4 Å². The van der Waals surface area contributed by atoms with Crippen LogP contribution in [0.4, 0.5) is 5.88 Å². The van der Waals surface area contributed by atoms with Gasteiger partial charge in [0.15, 0.2) is 5.76 Å². The molecule has 0 atom stereocenters. The molecule has 1 aliphatic heterocycles. The number of likely N-dealkylation sites (N-methyl/N-ethyl adjacent to an activating group) is 1. The number of nitrogens with one attached hydrogen (secondary N) is 1. The van der Waals surface area contributed by atoms with Gasteiger partial charge in [-0.15, -0.1) is 0 Å². The van der Waals surface area contributed by atoms with Crippen molar-refractivity contribution in [1.82, 2.24) is 15.2 Å².